The normalized spacial score (nSPS) is 26.2. The smallest absolute Gasteiger partial charge is 0.140 e. The van der Waals surface area contributed by atoms with E-state index in [9.17, 15) is 0 Å². The van der Waals surface area contributed by atoms with Gasteiger partial charge in [0, 0.05) is 24.6 Å². The lowest BCUT2D eigenvalue weighted by Gasteiger charge is -2.44. The van der Waals surface area contributed by atoms with E-state index in [1.807, 2.05) is 0 Å². The third-order valence-electron chi connectivity index (χ3n) is 3.53. The van der Waals surface area contributed by atoms with E-state index in [-0.39, 0.29) is 0 Å². The van der Waals surface area contributed by atoms with Gasteiger partial charge in [0.2, 0.25) is 0 Å². The van der Waals surface area contributed by atoms with Gasteiger partial charge < -0.3 is 4.74 Å². The zero-order chi connectivity index (χ0) is 9.90. The van der Waals surface area contributed by atoms with Crippen molar-refractivity contribution in [2.75, 3.05) is 19.7 Å². The van der Waals surface area contributed by atoms with Crippen LogP contribution < -0.4 is 0 Å². The maximum Gasteiger partial charge on any atom is 0.140 e. The van der Waals surface area contributed by atoms with Crippen molar-refractivity contribution in [3.05, 3.63) is 0 Å². The van der Waals surface area contributed by atoms with E-state index in [1.165, 1.54) is 12.8 Å². The minimum absolute atomic E-state index is 0.387. The maximum absolute atomic E-state index is 5.55. The van der Waals surface area contributed by atoms with Crippen LogP contribution in [0.15, 0.2) is 0 Å². The molecule has 76 valence electrons. The molecule has 1 fully saturated rings. The largest absolute Gasteiger partial charge is 0.385 e. The van der Waals surface area contributed by atoms with Crippen LogP contribution in [0, 0.1) is 0 Å². The first-order valence-corrected chi connectivity index (χ1v) is 5.49. The van der Waals surface area contributed by atoms with Crippen LogP contribution >= 0.6 is 0 Å². The molecule has 0 aromatic heterocycles. The molecule has 1 rings (SSSR count). The van der Waals surface area contributed by atoms with Crippen LogP contribution in [0.25, 0.3) is 0 Å². The summed E-state index contributed by atoms with van der Waals surface area (Å²) in [7, 11) is 2.16. The summed E-state index contributed by atoms with van der Waals surface area (Å²) in [5.74, 6) is 0. The molecule has 1 saturated heterocycles. The lowest BCUT2D eigenvalue weighted by atomic mass is 9.89. The highest BCUT2D eigenvalue weighted by Crippen LogP contribution is 2.24. The molecule has 1 atom stereocenters. The van der Waals surface area contributed by atoms with Gasteiger partial charge in [0.1, 0.15) is 7.85 Å². The second-order valence-electron chi connectivity index (χ2n) is 4.33. The molecule has 0 bridgehead atoms. The van der Waals surface area contributed by atoms with Gasteiger partial charge in [-0.15, -0.1) is 0 Å². The van der Waals surface area contributed by atoms with Gasteiger partial charge in [0.25, 0.3) is 0 Å². The summed E-state index contributed by atoms with van der Waals surface area (Å²) in [5, 5.41) is 0. The minimum atomic E-state index is 0.387. The van der Waals surface area contributed by atoms with Crippen LogP contribution in [0.5, 0.6) is 0 Å². The SMILES string of the molecule is BC1CN(C(C)(CC)CC)CCO1. The standard InChI is InChI=1S/C10H22BNO/c1-4-10(3,5-2)12-6-7-13-9(11)8-12/h9H,4-8,11H2,1-3H3. The van der Waals surface area contributed by atoms with Crippen molar-refractivity contribution in [3.8, 4) is 0 Å². The molecular weight excluding hydrogens is 161 g/mol. The summed E-state index contributed by atoms with van der Waals surface area (Å²) in [6.45, 7) is 10.0. The van der Waals surface area contributed by atoms with E-state index >= 15 is 0 Å². The Morgan fingerprint density at radius 1 is 1.46 bits per heavy atom. The Morgan fingerprint density at radius 3 is 2.54 bits per heavy atom. The topological polar surface area (TPSA) is 12.5 Å². The van der Waals surface area contributed by atoms with E-state index < -0.39 is 0 Å². The van der Waals surface area contributed by atoms with Crippen molar-refractivity contribution in [1.29, 1.82) is 0 Å². The van der Waals surface area contributed by atoms with Crippen molar-refractivity contribution in [2.45, 2.75) is 45.2 Å². The quantitative estimate of drug-likeness (QED) is 0.601. The highest BCUT2D eigenvalue weighted by molar-refractivity contribution is 6.11. The molecule has 0 aromatic rings. The number of hydrogen-bond donors (Lipinski definition) is 0. The number of morpholine rings is 1. The van der Waals surface area contributed by atoms with Crippen molar-refractivity contribution in [3.63, 3.8) is 0 Å². The summed E-state index contributed by atoms with van der Waals surface area (Å²) in [6.07, 6.45) is 2.46. The molecule has 0 amide bonds. The fraction of sp³-hybridized carbons (Fsp3) is 1.00. The molecule has 1 unspecified atom stereocenters. The van der Waals surface area contributed by atoms with Crippen molar-refractivity contribution < 1.29 is 4.74 Å². The van der Waals surface area contributed by atoms with Gasteiger partial charge in [0.05, 0.1) is 6.61 Å². The Morgan fingerprint density at radius 2 is 2.08 bits per heavy atom. The van der Waals surface area contributed by atoms with E-state index in [0.29, 0.717) is 11.5 Å². The molecular formula is C10H22BNO. The first kappa shape index (κ1) is 11.1. The minimum Gasteiger partial charge on any atom is -0.385 e. The van der Waals surface area contributed by atoms with Crippen LogP contribution in [-0.4, -0.2) is 44.0 Å². The molecule has 0 spiro atoms. The first-order chi connectivity index (χ1) is 6.12. The molecule has 0 N–H and O–H groups in total. The zero-order valence-corrected chi connectivity index (χ0v) is 9.47. The van der Waals surface area contributed by atoms with Crippen molar-refractivity contribution >= 4 is 7.85 Å². The third-order valence-corrected chi connectivity index (χ3v) is 3.53. The molecule has 1 aliphatic rings. The van der Waals surface area contributed by atoms with Gasteiger partial charge in [-0.3, -0.25) is 4.90 Å². The lowest BCUT2D eigenvalue weighted by Crippen LogP contribution is -2.53. The van der Waals surface area contributed by atoms with Gasteiger partial charge >= 0.3 is 0 Å². The van der Waals surface area contributed by atoms with Crippen molar-refractivity contribution in [2.24, 2.45) is 0 Å². The lowest BCUT2D eigenvalue weighted by molar-refractivity contribution is -0.0366. The van der Waals surface area contributed by atoms with Gasteiger partial charge in [-0.25, -0.2) is 0 Å². The van der Waals surface area contributed by atoms with Crippen LogP contribution in [0.1, 0.15) is 33.6 Å². The van der Waals surface area contributed by atoms with Gasteiger partial charge in [-0.05, 0) is 19.8 Å². The monoisotopic (exact) mass is 183 g/mol. The van der Waals surface area contributed by atoms with Gasteiger partial charge in [0.15, 0.2) is 0 Å². The third kappa shape index (κ3) is 2.47. The number of ether oxygens (including phenoxy) is 1. The number of rotatable bonds is 3. The summed E-state index contributed by atoms with van der Waals surface area (Å²) in [5.41, 5.74) is 0.387. The van der Waals surface area contributed by atoms with E-state index in [4.69, 9.17) is 4.74 Å². The highest BCUT2D eigenvalue weighted by atomic mass is 16.5. The summed E-state index contributed by atoms with van der Waals surface area (Å²) >= 11 is 0. The second kappa shape index (κ2) is 4.47. The molecule has 1 aliphatic heterocycles. The van der Waals surface area contributed by atoms with Gasteiger partial charge in [-0.2, -0.15) is 0 Å². The molecule has 0 saturated carbocycles. The molecule has 3 heteroatoms. The first-order valence-electron chi connectivity index (χ1n) is 5.49. The molecule has 13 heavy (non-hydrogen) atoms. The van der Waals surface area contributed by atoms with Crippen LogP contribution in [0.3, 0.4) is 0 Å². The number of hydrogen-bond acceptors (Lipinski definition) is 2. The summed E-state index contributed by atoms with van der Waals surface area (Å²) < 4.78 is 5.55. The fourth-order valence-corrected chi connectivity index (χ4v) is 2.01. The van der Waals surface area contributed by atoms with Crippen molar-refractivity contribution in [1.82, 2.24) is 4.90 Å². The average Bonchev–Trinajstić information content (AvgIpc) is 2.17. The Kier molecular flexibility index (Phi) is 3.80. The average molecular weight is 183 g/mol. The van der Waals surface area contributed by atoms with E-state index in [2.05, 4.69) is 33.5 Å². The fourth-order valence-electron chi connectivity index (χ4n) is 2.01. The second-order valence-corrected chi connectivity index (χ2v) is 4.33. The Hall–Kier alpha value is -0.0151. The Bertz CT molecular complexity index is 159. The molecule has 2 nitrogen and oxygen atoms in total. The summed E-state index contributed by atoms with van der Waals surface area (Å²) in [6, 6.07) is 0.408. The number of nitrogens with zero attached hydrogens (tertiary/aromatic N) is 1. The maximum atomic E-state index is 5.55. The van der Waals surface area contributed by atoms with Crippen LogP contribution in [0.4, 0.5) is 0 Å². The molecule has 1 heterocycles. The molecule has 0 radical (unpaired) electrons. The van der Waals surface area contributed by atoms with Crippen LogP contribution in [-0.2, 0) is 4.74 Å². The predicted molar refractivity (Wildman–Crippen MR) is 58.8 cm³/mol. The molecule has 0 aliphatic carbocycles. The predicted octanol–water partition coefficient (Wildman–Crippen LogP) is 0.856. The zero-order valence-electron chi connectivity index (χ0n) is 9.47. The van der Waals surface area contributed by atoms with E-state index in [0.717, 1.165) is 19.7 Å². The Labute approximate surface area is 83.0 Å². The highest BCUT2D eigenvalue weighted by Gasteiger charge is 2.31. The van der Waals surface area contributed by atoms with E-state index in [1.54, 1.807) is 0 Å². The van der Waals surface area contributed by atoms with Crippen LogP contribution in [0.2, 0.25) is 0 Å². The summed E-state index contributed by atoms with van der Waals surface area (Å²) in [4.78, 5) is 2.58. The molecule has 0 aromatic carbocycles. The Balaban J connectivity index is 2.57. The van der Waals surface area contributed by atoms with Gasteiger partial charge in [-0.1, -0.05) is 13.8 Å².